The number of unbranched alkanes of at least 4 members (excludes halogenated alkanes) is 4. The zero-order valence-electron chi connectivity index (χ0n) is 18.9. The summed E-state index contributed by atoms with van der Waals surface area (Å²) in [5.41, 5.74) is 2.25. The molecule has 2 amide bonds. The van der Waals surface area contributed by atoms with Crippen LogP contribution in [0.15, 0.2) is 48.5 Å². The van der Waals surface area contributed by atoms with Gasteiger partial charge in [-0.1, -0.05) is 52.5 Å². The van der Waals surface area contributed by atoms with Crippen molar-refractivity contribution in [2.75, 3.05) is 29.1 Å². The first-order chi connectivity index (χ1) is 15.0. The molecule has 0 aliphatic carbocycles. The molecule has 3 N–H and O–H groups in total. The van der Waals surface area contributed by atoms with Crippen LogP contribution in [-0.4, -0.2) is 25.0 Å². The Labute approximate surface area is 185 Å². The maximum atomic E-state index is 12.3. The molecule has 0 aliphatic heterocycles. The molecule has 0 heterocycles. The van der Waals surface area contributed by atoms with Crippen LogP contribution in [0.2, 0.25) is 0 Å². The second kappa shape index (κ2) is 13.3. The highest BCUT2D eigenvalue weighted by atomic mass is 16.5. The third-order valence-corrected chi connectivity index (χ3v) is 4.76. The van der Waals surface area contributed by atoms with Gasteiger partial charge in [-0.2, -0.15) is 0 Å². The normalized spacial score (nSPS) is 10.6. The predicted octanol–water partition coefficient (Wildman–Crippen LogP) is 5.68. The molecule has 2 rings (SSSR count). The number of benzene rings is 2. The van der Waals surface area contributed by atoms with Gasteiger partial charge in [0.05, 0.1) is 13.2 Å². The number of anilines is 3. The summed E-state index contributed by atoms with van der Waals surface area (Å²) in [6.07, 6.45) is 5.98. The van der Waals surface area contributed by atoms with Crippen LogP contribution in [0.4, 0.5) is 17.1 Å². The van der Waals surface area contributed by atoms with Gasteiger partial charge in [-0.15, -0.1) is 0 Å². The minimum absolute atomic E-state index is 0.0252. The predicted molar refractivity (Wildman–Crippen MR) is 128 cm³/mol. The smallest absolute Gasteiger partial charge is 0.243 e. The fourth-order valence-corrected chi connectivity index (χ4v) is 2.90. The van der Waals surface area contributed by atoms with Crippen LogP contribution >= 0.6 is 0 Å². The minimum atomic E-state index is -0.145. The van der Waals surface area contributed by atoms with E-state index < -0.39 is 0 Å². The number of ether oxygens (including phenoxy) is 1. The zero-order chi connectivity index (χ0) is 22.5. The lowest BCUT2D eigenvalue weighted by molar-refractivity contribution is -0.119. The summed E-state index contributed by atoms with van der Waals surface area (Å²) in [5.74, 6) is 0.521. The van der Waals surface area contributed by atoms with E-state index in [1.54, 1.807) is 0 Å². The highest BCUT2D eigenvalue weighted by Crippen LogP contribution is 2.18. The summed E-state index contributed by atoms with van der Waals surface area (Å²) in [6.45, 7) is 6.73. The third kappa shape index (κ3) is 9.55. The Balaban J connectivity index is 1.74. The van der Waals surface area contributed by atoms with Crippen molar-refractivity contribution < 1.29 is 14.3 Å². The topological polar surface area (TPSA) is 79.5 Å². The summed E-state index contributed by atoms with van der Waals surface area (Å²) in [4.78, 5) is 24.0. The molecule has 2 aromatic carbocycles. The van der Waals surface area contributed by atoms with E-state index in [2.05, 4.69) is 22.9 Å². The molecular weight excluding hydrogens is 390 g/mol. The average Bonchev–Trinajstić information content (AvgIpc) is 2.76. The first kappa shape index (κ1) is 24.3. The van der Waals surface area contributed by atoms with Gasteiger partial charge in [0.2, 0.25) is 11.8 Å². The largest absolute Gasteiger partial charge is 0.494 e. The number of carbonyl (C=O) groups is 2. The molecule has 0 aromatic heterocycles. The van der Waals surface area contributed by atoms with Crippen molar-refractivity contribution in [3.05, 3.63) is 48.5 Å². The summed E-state index contributed by atoms with van der Waals surface area (Å²) < 4.78 is 5.79. The molecule has 0 spiro atoms. The molecule has 0 fully saturated rings. The standard InChI is InChI=1S/C25H35N3O3/c1-4-5-6-7-8-16-31-23-11-9-10-22(17-23)27-24(29)18-26-20-12-14-21(15-13-20)28-25(30)19(2)3/h9-15,17,19,26H,4-8,16,18H2,1-3H3,(H,27,29)(H,28,30). The van der Waals surface area contributed by atoms with Crippen LogP contribution in [0.1, 0.15) is 52.9 Å². The zero-order valence-corrected chi connectivity index (χ0v) is 18.9. The third-order valence-electron chi connectivity index (χ3n) is 4.76. The first-order valence-corrected chi connectivity index (χ1v) is 11.2. The fourth-order valence-electron chi connectivity index (χ4n) is 2.90. The summed E-state index contributed by atoms with van der Waals surface area (Å²) in [6, 6.07) is 14.7. The van der Waals surface area contributed by atoms with Gasteiger partial charge in [0, 0.05) is 29.0 Å². The van der Waals surface area contributed by atoms with Gasteiger partial charge < -0.3 is 20.7 Å². The van der Waals surface area contributed by atoms with Crippen molar-refractivity contribution in [3.63, 3.8) is 0 Å². The second-order valence-electron chi connectivity index (χ2n) is 7.91. The highest BCUT2D eigenvalue weighted by Gasteiger charge is 2.07. The van der Waals surface area contributed by atoms with Gasteiger partial charge in [-0.25, -0.2) is 0 Å². The van der Waals surface area contributed by atoms with E-state index in [9.17, 15) is 9.59 Å². The summed E-state index contributed by atoms with van der Waals surface area (Å²) >= 11 is 0. The van der Waals surface area contributed by atoms with E-state index in [-0.39, 0.29) is 24.3 Å². The van der Waals surface area contributed by atoms with Crippen LogP contribution in [0, 0.1) is 5.92 Å². The van der Waals surface area contributed by atoms with Crippen LogP contribution in [-0.2, 0) is 9.59 Å². The Morgan fingerprint density at radius 3 is 2.29 bits per heavy atom. The molecule has 0 saturated carbocycles. The lowest BCUT2D eigenvalue weighted by atomic mass is 10.2. The van der Waals surface area contributed by atoms with Gasteiger partial charge in [-0.05, 0) is 42.8 Å². The lowest BCUT2D eigenvalue weighted by Crippen LogP contribution is -2.21. The molecule has 31 heavy (non-hydrogen) atoms. The molecule has 6 heteroatoms. The van der Waals surface area contributed by atoms with Crippen molar-refractivity contribution in [2.45, 2.75) is 52.9 Å². The van der Waals surface area contributed by atoms with E-state index in [4.69, 9.17) is 4.74 Å². The van der Waals surface area contributed by atoms with Gasteiger partial charge in [-0.3, -0.25) is 9.59 Å². The first-order valence-electron chi connectivity index (χ1n) is 11.2. The van der Waals surface area contributed by atoms with E-state index in [1.807, 2.05) is 62.4 Å². The molecule has 0 atom stereocenters. The number of hydrogen-bond acceptors (Lipinski definition) is 4. The van der Waals surface area contributed by atoms with Crippen LogP contribution in [0.5, 0.6) is 5.75 Å². The number of hydrogen-bond donors (Lipinski definition) is 3. The van der Waals surface area contributed by atoms with E-state index in [0.29, 0.717) is 12.3 Å². The minimum Gasteiger partial charge on any atom is -0.494 e. The molecule has 0 radical (unpaired) electrons. The summed E-state index contributed by atoms with van der Waals surface area (Å²) in [7, 11) is 0. The lowest BCUT2D eigenvalue weighted by Gasteiger charge is -2.11. The fraction of sp³-hybridized carbons (Fsp3) is 0.440. The molecule has 2 aromatic rings. The molecule has 0 saturated heterocycles. The number of rotatable bonds is 13. The quantitative estimate of drug-likeness (QED) is 0.361. The Kier molecular flexibility index (Phi) is 10.4. The SMILES string of the molecule is CCCCCCCOc1cccc(NC(=O)CNc2ccc(NC(=O)C(C)C)cc2)c1. The van der Waals surface area contributed by atoms with Crippen LogP contribution < -0.4 is 20.7 Å². The Morgan fingerprint density at radius 1 is 0.871 bits per heavy atom. The van der Waals surface area contributed by atoms with Gasteiger partial charge >= 0.3 is 0 Å². The van der Waals surface area contributed by atoms with E-state index in [1.165, 1.54) is 25.7 Å². The van der Waals surface area contributed by atoms with E-state index >= 15 is 0 Å². The monoisotopic (exact) mass is 425 g/mol. The average molecular weight is 426 g/mol. The Bertz CT molecular complexity index is 819. The maximum Gasteiger partial charge on any atom is 0.243 e. The van der Waals surface area contributed by atoms with Gasteiger partial charge in [0.25, 0.3) is 0 Å². The maximum absolute atomic E-state index is 12.3. The number of amides is 2. The van der Waals surface area contributed by atoms with Crippen LogP contribution in [0.25, 0.3) is 0 Å². The van der Waals surface area contributed by atoms with Gasteiger partial charge in [0.15, 0.2) is 0 Å². The molecular formula is C25H35N3O3. The van der Waals surface area contributed by atoms with Crippen molar-refractivity contribution in [1.29, 1.82) is 0 Å². The Morgan fingerprint density at radius 2 is 1.58 bits per heavy atom. The number of carbonyl (C=O) groups excluding carboxylic acids is 2. The van der Waals surface area contributed by atoms with Crippen molar-refractivity contribution in [3.8, 4) is 5.75 Å². The van der Waals surface area contributed by atoms with Crippen molar-refractivity contribution in [2.24, 2.45) is 5.92 Å². The van der Waals surface area contributed by atoms with Crippen molar-refractivity contribution >= 4 is 28.9 Å². The van der Waals surface area contributed by atoms with Gasteiger partial charge in [0.1, 0.15) is 5.75 Å². The van der Waals surface area contributed by atoms with Crippen molar-refractivity contribution in [1.82, 2.24) is 0 Å². The molecule has 6 nitrogen and oxygen atoms in total. The Hall–Kier alpha value is -3.02. The highest BCUT2D eigenvalue weighted by molar-refractivity contribution is 5.94. The van der Waals surface area contributed by atoms with Crippen LogP contribution in [0.3, 0.4) is 0 Å². The molecule has 168 valence electrons. The van der Waals surface area contributed by atoms with E-state index in [0.717, 1.165) is 23.5 Å². The summed E-state index contributed by atoms with van der Waals surface area (Å²) in [5, 5.41) is 8.81. The number of nitrogens with one attached hydrogen (secondary N) is 3. The molecule has 0 unspecified atom stereocenters. The second-order valence-corrected chi connectivity index (χ2v) is 7.91. The molecule has 0 aliphatic rings. The molecule has 0 bridgehead atoms.